The SMILES string of the molecule is CC(C)(C)CCNS(=O)(=O)CCCNC1CC1. The second-order valence-electron chi connectivity index (χ2n) is 6.11. The van der Waals surface area contributed by atoms with Gasteiger partial charge in [0, 0.05) is 12.6 Å². The quantitative estimate of drug-likeness (QED) is 0.652. The lowest BCUT2D eigenvalue weighted by molar-refractivity contribution is 0.378. The van der Waals surface area contributed by atoms with E-state index in [9.17, 15) is 8.42 Å². The summed E-state index contributed by atoms with van der Waals surface area (Å²) in [5, 5.41) is 3.32. The van der Waals surface area contributed by atoms with E-state index in [1.807, 2.05) is 0 Å². The van der Waals surface area contributed by atoms with Crippen molar-refractivity contribution in [2.24, 2.45) is 5.41 Å². The highest BCUT2D eigenvalue weighted by atomic mass is 32.2. The van der Waals surface area contributed by atoms with Crippen LogP contribution in [0.3, 0.4) is 0 Å². The third kappa shape index (κ3) is 8.57. The maximum Gasteiger partial charge on any atom is 0.211 e. The van der Waals surface area contributed by atoms with E-state index in [-0.39, 0.29) is 11.2 Å². The van der Waals surface area contributed by atoms with Crippen LogP contribution in [0.4, 0.5) is 0 Å². The molecule has 0 amide bonds. The fraction of sp³-hybridized carbons (Fsp3) is 1.00. The van der Waals surface area contributed by atoms with Gasteiger partial charge in [-0.1, -0.05) is 20.8 Å². The van der Waals surface area contributed by atoms with Crippen molar-refractivity contribution in [3.63, 3.8) is 0 Å². The van der Waals surface area contributed by atoms with Crippen LogP contribution in [0.25, 0.3) is 0 Å². The largest absolute Gasteiger partial charge is 0.314 e. The lowest BCUT2D eigenvalue weighted by Crippen LogP contribution is -2.31. The maximum atomic E-state index is 11.6. The maximum absolute atomic E-state index is 11.6. The van der Waals surface area contributed by atoms with Crippen LogP contribution >= 0.6 is 0 Å². The summed E-state index contributed by atoms with van der Waals surface area (Å²) in [5.41, 5.74) is 0.177. The summed E-state index contributed by atoms with van der Waals surface area (Å²) < 4.78 is 25.9. The first-order valence-corrected chi connectivity index (χ1v) is 8.14. The number of nitrogens with one attached hydrogen (secondary N) is 2. The highest BCUT2D eigenvalue weighted by molar-refractivity contribution is 7.89. The molecule has 0 aliphatic heterocycles. The molecule has 1 fully saturated rings. The molecule has 1 aliphatic carbocycles. The Morgan fingerprint density at radius 1 is 1.18 bits per heavy atom. The van der Waals surface area contributed by atoms with Gasteiger partial charge in [-0.25, -0.2) is 13.1 Å². The van der Waals surface area contributed by atoms with Crippen molar-refractivity contribution in [1.29, 1.82) is 0 Å². The monoisotopic (exact) mass is 262 g/mol. The van der Waals surface area contributed by atoms with Gasteiger partial charge in [-0.15, -0.1) is 0 Å². The van der Waals surface area contributed by atoms with Gasteiger partial charge in [0.15, 0.2) is 0 Å². The average Bonchev–Trinajstić information content (AvgIpc) is 2.93. The molecule has 0 aromatic heterocycles. The van der Waals surface area contributed by atoms with Crippen LogP contribution in [0.15, 0.2) is 0 Å². The molecule has 0 spiro atoms. The van der Waals surface area contributed by atoms with Gasteiger partial charge < -0.3 is 5.32 Å². The molecule has 1 saturated carbocycles. The van der Waals surface area contributed by atoms with Crippen molar-refractivity contribution >= 4 is 10.0 Å². The lowest BCUT2D eigenvalue weighted by atomic mass is 9.93. The summed E-state index contributed by atoms with van der Waals surface area (Å²) in [6, 6.07) is 0.659. The molecule has 1 rings (SSSR count). The van der Waals surface area contributed by atoms with E-state index < -0.39 is 10.0 Å². The summed E-state index contributed by atoms with van der Waals surface area (Å²) in [6.45, 7) is 7.69. The molecule has 5 heteroatoms. The molecule has 0 radical (unpaired) electrons. The van der Waals surface area contributed by atoms with Gasteiger partial charge in [-0.05, 0) is 37.6 Å². The Kier molecular flexibility index (Phi) is 5.41. The van der Waals surface area contributed by atoms with Crippen LogP contribution in [0, 0.1) is 5.41 Å². The Hall–Kier alpha value is -0.130. The second kappa shape index (κ2) is 6.16. The fourth-order valence-electron chi connectivity index (χ4n) is 1.51. The fourth-order valence-corrected chi connectivity index (χ4v) is 2.59. The minimum absolute atomic E-state index is 0.177. The van der Waals surface area contributed by atoms with E-state index in [1.165, 1.54) is 12.8 Å². The highest BCUT2D eigenvalue weighted by Crippen LogP contribution is 2.18. The van der Waals surface area contributed by atoms with Crippen molar-refractivity contribution in [2.45, 2.75) is 52.5 Å². The van der Waals surface area contributed by atoms with Crippen LogP contribution < -0.4 is 10.0 Å². The molecule has 0 saturated heterocycles. The lowest BCUT2D eigenvalue weighted by Gasteiger charge is -2.18. The Morgan fingerprint density at radius 3 is 2.35 bits per heavy atom. The van der Waals surface area contributed by atoms with Crippen LogP contribution in [0.2, 0.25) is 0 Å². The molecular weight excluding hydrogens is 236 g/mol. The first kappa shape index (κ1) is 14.9. The topological polar surface area (TPSA) is 58.2 Å². The molecule has 0 aromatic rings. The molecule has 0 atom stereocenters. The summed E-state index contributed by atoms with van der Waals surface area (Å²) in [4.78, 5) is 0. The predicted molar refractivity (Wildman–Crippen MR) is 71.5 cm³/mol. The molecule has 1 aliphatic rings. The van der Waals surface area contributed by atoms with Crippen LogP contribution in [0.1, 0.15) is 46.5 Å². The van der Waals surface area contributed by atoms with Crippen LogP contribution in [0.5, 0.6) is 0 Å². The van der Waals surface area contributed by atoms with Gasteiger partial charge in [0.25, 0.3) is 0 Å². The van der Waals surface area contributed by atoms with Crippen LogP contribution in [-0.4, -0.2) is 33.3 Å². The molecule has 17 heavy (non-hydrogen) atoms. The zero-order valence-electron chi connectivity index (χ0n) is 11.3. The molecule has 102 valence electrons. The number of rotatable bonds is 8. The molecule has 0 aromatic carbocycles. The number of sulfonamides is 1. The first-order valence-electron chi connectivity index (χ1n) is 6.49. The zero-order chi connectivity index (χ0) is 12.9. The summed E-state index contributed by atoms with van der Waals surface area (Å²) in [5.74, 6) is 0.233. The van der Waals surface area contributed by atoms with Crippen molar-refractivity contribution < 1.29 is 8.42 Å². The zero-order valence-corrected chi connectivity index (χ0v) is 12.1. The van der Waals surface area contributed by atoms with E-state index in [0.717, 1.165) is 13.0 Å². The normalized spacial score (nSPS) is 17.4. The summed E-state index contributed by atoms with van der Waals surface area (Å²) in [6.07, 6.45) is 4.06. The van der Waals surface area contributed by atoms with Gasteiger partial charge in [0.05, 0.1) is 5.75 Å². The Bertz CT molecular complexity index is 316. The number of hydrogen-bond acceptors (Lipinski definition) is 3. The predicted octanol–water partition coefficient (Wildman–Crippen LogP) is 1.48. The van der Waals surface area contributed by atoms with Gasteiger partial charge in [-0.2, -0.15) is 0 Å². The van der Waals surface area contributed by atoms with Crippen LogP contribution in [-0.2, 0) is 10.0 Å². The molecule has 2 N–H and O–H groups in total. The molecule has 4 nitrogen and oxygen atoms in total. The van der Waals surface area contributed by atoms with Crippen molar-refractivity contribution in [1.82, 2.24) is 10.0 Å². The Morgan fingerprint density at radius 2 is 1.82 bits per heavy atom. The van der Waals surface area contributed by atoms with E-state index in [0.29, 0.717) is 19.0 Å². The third-order valence-electron chi connectivity index (χ3n) is 2.80. The third-order valence-corrected chi connectivity index (χ3v) is 4.27. The Balaban J connectivity index is 2.07. The molecule has 0 bridgehead atoms. The van der Waals surface area contributed by atoms with Gasteiger partial charge >= 0.3 is 0 Å². The number of hydrogen-bond donors (Lipinski definition) is 2. The van der Waals surface area contributed by atoms with Gasteiger partial charge in [0.1, 0.15) is 0 Å². The minimum atomic E-state index is -3.07. The first-order chi connectivity index (χ1) is 7.79. The molecule has 0 unspecified atom stereocenters. The standard InChI is InChI=1S/C12H26N2O2S/c1-12(2,3)7-9-14-17(15,16)10-4-8-13-11-5-6-11/h11,13-14H,4-10H2,1-3H3. The van der Waals surface area contributed by atoms with E-state index >= 15 is 0 Å². The van der Waals surface area contributed by atoms with Gasteiger partial charge in [-0.3, -0.25) is 0 Å². The van der Waals surface area contributed by atoms with Crippen molar-refractivity contribution in [3.05, 3.63) is 0 Å². The molecular formula is C12H26N2O2S. The summed E-state index contributed by atoms with van der Waals surface area (Å²) in [7, 11) is -3.07. The smallest absolute Gasteiger partial charge is 0.211 e. The van der Waals surface area contributed by atoms with E-state index in [1.54, 1.807) is 0 Å². The van der Waals surface area contributed by atoms with Gasteiger partial charge in [0.2, 0.25) is 10.0 Å². The van der Waals surface area contributed by atoms with E-state index in [2.05, 4.69) is 30.8 Å². The molecule has 0 heterocycles. The second-order valence-corrected chi connectivity index (χ2v) is 8.03. The highest BCUT2D eigenvalue weighted by Gasteiger charge is 2.20. The average molecular weight is 262 g/mol. The van der Waals surface area contributed by atoms with Crippen molar-refractivity contribution in [2.75, 3.05) is 18.8 Å². The minimum Gasteiger partial charge on any atom is -0.314 e. The Labute approximate surface area is 106 Å². The van der Waals surface area contributed by atoms with Crippen molar-refractivity contribution in [3.8, 4) is 0 Å². The summed E-state index contributed by atoms with van der Waals surface area (Å²) >= 11 is 0. The van der Waals surface area contributed by atoms with E-state index in [4.69, 9.17) is 0 Å².